The summed E-state index contributed by atoms with van der Waals surface area (Å²) in [5, 5.41) is 7.76. The van der Waals surface area contributed by atoms with Crippen molar-refractivity contribution in [2.24, 2.45) is 5.92 Å². The lowest BCUT2D eigenvalue weighted by atomic mass is 9.91. The average molecular weight is 273 g/mol. The number of hydrogen-bond acceptors (Lipinski definition) is 4. The van der Waals surface area contributed by atoms with Gasteiger partial charge in [0, 0.05) is 6.54 Å². The first-order valence-corrected chi connectivity index (χ1v) is 7.78. The van der Waals surface area contributed by atoms with E-state index < -0.39 is 0 Å². The number of fused-ring (bicyclic) bond motifs is 1. The number of piperidine rings is 1. The molecule has 0 saturated carbocycles. The first-order valence-electron chi connectivity index (χ1n) is 7.78. The van der Waals surface area contributed by atoms with Crippen molar-refractivity contribution in [3.63, 3.8) is 0 Å². The molecule has 3 rings (SSSR count). The fourth-order valence-electron chi connectivity index (χ4n) is 3.11. The van der Waals surface area contributed by atoms with Gasteiger partial charge in [0.2, 0.25) is 0 Å². The maximum absolute atomic E-state index is 4.75. The van der Waals surface area contributed by atoms with Crippen LogP contribution in [0.4, 0.5) is 0 Å². The molecule has 108 valence electrons. The summed E-state index contributed by atoms with van der Waals surface area (Å²) in [5.41, 5.74) is 3.01. The number of nitrogens with zero attached hydrogens (tertiary/aromatic N) is 3. The van der Waals surface area contributed by atoms with E-state index in [-0.39, 0.29) is 0 Å². The zero-order chi connectivity index (χ0) is 13.8. The highest BCUT2D eigenvalue weighted by molar-refractivity contribution is 5.73. The molecule has 0 unspecified atom stereocenters. The predicted molar refractivity (Wildman–Crippen MR) is 79.3 cm³/mol. The fraction of sp³-hybridized carbons (Fsp3) is 0.625. The van der Waals surface area contributed by atoms with E-state index in [2.05, 4.69) is 34.3 Å². The minimum Gasteiger partial charge on any atom is -0.299 e. The molecule has 2 aromatic rings. The van der Waals surface area contributed by atoms with Gasteiger partial charge in [0.05, 0.1) is 0 Å². The lowest BCUT2D eigenvalue weighted by Crippen LogP contribution is -2.33. The molecule has 0 amide bonds. The van der Waals surface area contributed by atoms with Crippen LogP contribution in [0.15, 0.2) is 22.8 Å². The van der Waals surface area contributed by atoms with Gasteiger partial charge in [-0.1, -0.05) is 32.3 Å². The largest absolute Gasteiger partial charge is 0.299 e. The second kappa shape index (κ2) is 6.35. The van der Waals surface area contributed by atoms with Gasteiger partial charge < -0.3 is 0 Å². The number of benzene rings is 1. The Morgan fingerprint density at radius 1 is 1.20 bits per heavy atom. The van der Waals surface area contributed by atoms with E-state index in [0.29, 0.717) is 0 Å². The van der Waals surface area contributed by atoms with Gasteiger partial charge in [0.15, 0.2) is 0 Å². The Labute approximate surface area is 120 Å². The van der Waals surface area contributed by atoms with Crippen LogP contribution >= 0.6 is 0 Å². The van der Waals surface area contributed by atoms with Crippen LogP contribution in [0.5, 0.6) is 0 Å². The summed E-state index contributed by atoms with van der Waals surface area (Å²) >= 11 is 0. The Morgan fingerprint density at radius 2 is 2.00 bits per heavy atom. The van der Waals surface area contributed by atoms with Gasteiger partial charge in [0.25, 0.3) is 0 Å². The van der Waals surface area contributed by atoms with Gasteiger partial charge in [-0.15, -0.1) is 0 Å². The highest BCUT2D eigenvalue weighted by Gasteiger charge is 2.18. The Hall–Kier alpha value is -1.42. The number of unbranched alkanes of at least 4 members (excludes halogenated alkanes) is 1. The molecule has 1 aliphatic rings. The Morgan fingerprint density at radius 3 is 2.80 bits per heavy atom. The molecule has 1 saturated heterocycles. The Kier molecular flexibility index (Phi) is 4.31. The van der Waals surface area contributed by atoms with Crippen LogP contribution in [0.2, 0.25) is 0 Å². The monoisotopic (exact) mass is 273 g/mol. The molecule has 0 aliphatic carbocycles. The molecule has 1 aromatic heterocycles. The first kappa shape index (κ1) is 13.6. The Balaban J connectivity index is 1.53. The molecule has 2 heterocycles. The standard InChI is InChI=1S/C16H23N3O/c1-2-3-4-13-7-9-19(10-8-13)12-14-5-6-15-16(11-14)18-20-17-15/h5-6,11,13H,2-4,7-10,12H2,1H3. The minimum atomic E-state index is 0.840. The highest BCUT2D eigenvalue weighted by Crippen LogP contribution is 2.24. The van der Waals surface area contributed by atoms with Gasteiger partial charge in [-0.3, -0.25) is 4.90 Å². The zero-order valence-electron chi connectivity index (χ0n) is 12.2. The normalized spacial score (nSPS) is 17.9. The van der Waals surface area contributed by atoms with Crippen molar-refractivity contribution in [1.82, 2.24) is 15.2 Å². The van der Waals surface area contributed by atoms with E-state index in [9.17, 15) is 0 Å². The van der Waals surface area contributed by atoms with Crippen LogP contribution in [-0.2, 0) is 6.54 Å². The third kappa shape index (κ3) is 3.18. The number of aromatic nitrogens is 2. The summed E-state index contributed by atoms with van der Waals surface area (Å²) in [6.07, 6.45) is 6.84. The van der Waals surface area contributed by atoms with Crippen molar-refractivity contribution in [1.29, 1.82) is 0 Å². The second-order valence-electron chi connectivity index (χ2n) is 5.95. The van der Waals surface area contributed by atoms with E-state index in [4.69, 9.17) is 4.63 Å². The van der Waals surface area contributed by atoms with Crippen molar-refractivity contribution >= 4 is 11.0 Å². The third-order valence-corrected chi connectivity index (χ3v) is 4.40. The second-order valence-corrected chi connectivity index (χ2v) is 5.95. The van der Waals surface area contributed by atoms with E-state index in [1.807, 2.05) is 6.07 Å². The smallest absolute Gasteiger partial charge is 0.135 e. The van der Waals surface area contributed by atoms with Gasteiger partial charge in [-0.05, 0) is 59.9 Å². The third-order valence-electron chi connectivity index (χ3n) is 4.40. The quantitative estimate of drug-likeness (QED) is 0.834. The SMILES string of the molecule is CCCCC1CCN(Cc2ccc3nonc3c2)CC1. The Bertz CT molecular complexity index is 543. The van der Waals surface area contributed by atoms with E-state index in [0.717, 1.165) is 23.5 Å². The van der Waals surface area contributed by atoms with Gasteiger partial charge in [-0.2, -0.15) is 0 Å². The van der Waals surface area contributed by atoms with E-state index in [1.165, 1.54) is 50.8 Å². The summed E-state index contributed by atoms with van der Waals surface area (Å²) in [6.45, 7) is 5.75. The lowest BCUT2D eigenvalue weighted by Gasteiger charge is -2.32. The molecular formula is C16H23N3O. The minimum absolute atomic E-state index is 0.840. The van der Waals surface area contributed by atoms with Gasteiger partial charge >= 0.3 is 0 Å². The van der Waals surface area contributed by atoms with Crippen LogP contribution in [-0.4, -0.2) is 28.3 Å². The zero-order valence-corrected chi connectivity index (χ0v) is 12.2. The fourth-order valence-corrected chi connectivity index (χ4v) is 3.11. The molecule has 0 N–H and O–H groups in total. The maximum atomic E-state index is 4.75. The maximum Gasteiger partial charge on any atom is 0.135 e. The summed E-state index contributed by atoms with van der Waals surface area (Å²) < 4.78 is 4.75. The van der Waals surface area contributed by atoms with Crippen LogP contribution in [0.1, 0.15) is 44.6 Å². The first-order chi connectivity index (χ1) is 9.85. The van der Waals surface area contributed by atoms with Crippen LogP contribution < -0.4 is 0 Å². The van der Waals surface area contributed by atoms with Crippen LogP contribution in [0.25, 0.3) is 11.0 Å². The van der Waals surface area contributed by atoms with Crippen molar-refractivity contribution in [3.05, 3.63) is 23.8 Å². The molecule has 1 aliphatic heterocycles. The summed E-state index contributed by atoms with van der Waals surface area (Å²) in [7, 11) is 0. The van der Waals surface area contributed by atoms with Crippen molar-refractivity contribution in [3.8, 4) is 0 Å². The number of hydrogen-bond donors (Lipinski definition) is 0. The van der Waals surface area contributed by atoms with Crippen molar-refractivity contribution < 1.29 is 4.63 Å². The van der Waals surface area contributed by atoms with E-state index >= 15 is 0 Å². The van der Waals surface area contributed by atoms with Gasteiger partial charge in [-0.25, -0.2) is 4.63 Å². The molecule has 0 atom stereocenters. The lowest BCUT2D eigenvalue weighted by molar-refractivity contribution is 0.171. The molecular weight excluding hydrogens is 250 g/mol. The average Bonchev–Trinajstić information content (AvgIpc) is 2.94. The number of rotatable bonds is 5. The highest BCUT2D eigenvalue weighted by atomic mass is 16.6. The van der Waals surface area contributed by atoms with Crippen molar-refractivity contribution in [2.45, 2.75) is 45.6 Å². The summed E-state index contributed by atoms with van der Waals surface area (Å²) in [4.78, 5) is 2.55. The van der Waals surface area contributed by atoms with Crippen LogP contribution in [0, 0.1) is 5.92 Å². The number of likely N-dealkylation sites (tertiary alicyclic amines) is 1. The van der Waals surface area contributed by atoms with E-state index in [1.54, 1.807) is 0 Å². The van der Waals surface area contributed by atoms with Crippen molar-refractivity contribution in [2.75, 3.05) is 13.1 Å². The molecule has 0 bridgehead atoms. The topological polar surface area (TPSA) is 42.2 Å². The summed E-state index contributed by atoms with van der Waals surface area (Å²) in [5.74, 6) is 0.952. The molecule has 4 nitrogen and oxygen atoms in total. The summed E-state index contributed by atoms with van der Waals surface area (Å²) in [6, 6.07) is 6.22. The molecule has 4 heteroatoms. The predicted octanol–water partition coefficient (Wildman–Crippen LogP) is 3.63. The molecule has 1 fully saturated rings. The van der Waals surface area contributed by atoms with Crippen LogP contribution in [0.3, 0.4) is 0 Å². The molecule has 0 radical (unpaired) electrons. The van der Waals surface area contributed by atoms with Gasteiger partial charge in [0.1, 0.15) is 11.0 Å². The molecule has 0 spiro atoms. The molecule has 1 aromatic carbocycles. The molecule has 20 heavy (non-hydrogen) atoms.